The molecule has 0 unspecified atom stereocenters. The van der Waals surface area contributed by atoms with E-state index < -0.39 is 0 Å². The molecule has 0 spiro atoms. The zero-order valence-electron chi connectivity index (χ0n) is 9.80. The summed E-state index contributed by atoms with van der Waals surface area (Å²) in [6.07, 6.45) is 2.40. The van der Waals surface area contributed by atoms with Crippen molar-refractivity contribution in [1.29, 1.82) is 0 Å². The van der Waals surface area contributed by atoms with Gasteiger partial charge in [-0.1, -0.05) is 49.2 Å². The van der Waals surface area contributed by atoms with Gasteiger partial charge in [0.2, 0.25) is 0 Å². The SMILES string of the molecule is CCCc1cc(C)c2cc(C)ccc2c1. The highest BCUT2D eigenvalue weighted by Crippen LogP contribution is 2.22. The molecule has 0 atom stereocenters. The molecule has 0 radical (unpaired) electrons. The highest BCUT2D eigenvalue weighted by Gasteiger charge is 2.00. The van der Waals surface area contributed by atoms with E-state index in [4.69, 9.17) is 0 Å². The van der Waals surface area contributed by atoms with Gasteiger partial charge in [-0.2, -0.15) is 0 Å². The van der Waals surface area contributed by atoms with Crippen molar-refractivity contribution in [2.45, 2.75) is 33.6 Å². The smallest absolute Gasteiger partial charge is 0.0152 e. The third-order valence-electron chi connectivity index (χ3n) is 2.92. The predicted octanol–water partition coefficient (Wildman–Crippen LogP) is 4.41. The molecule has 0 heteroatoms. The zero-order chi connectivity index (χ0) is 10.8. The normalized spacial score (nSPS) is 10.9. The Balaban J connectivity index is 2.62. The average Bonchev–Trinajstić information content (AvgIpc) is 2.20. The molecular weight excluding hydrogens is 180 g/mol. The van der Waals surface area contributed by atoms with Gasteiger partial charge in [-0.15, -0.1) is 0 Å². The first-order valence-corrected chi connectivity index (χ1v) is 5.70. The number of hydrogen-bond acceptors (Lipinski definition) is 0. The quantitative estimate of drug-likeness (QED) is 0.670. The summed E-state index contributed by atoms with van der Waals surface area (Å²) in [6, 6.07) is 11.4. The Morgan fingerprint density at radius 2 is 1.80 bits per heavy atom. The minimum Gasteiger partial charge on any atom is -0.0651 e. The summed E-state index contributed by atoms with van der Waals surface area (Å²) in [5.74, 6) is 0. The number of fused-ring (bicyclic) bond motifs is 1. The summed E-state index contributed by atoms with van der Waals surface area (Å²) in [6.45, 7) is 6.59. The lowest BCUT2D eigenvalue weighted by Gasteiger charge is -2.07. The number of rotatable bonds is 2. The molecule has 78 valence electrons. The van der Waals surface area contributed by atoms with Crippen molar-refractivity contribution in [3.63, 3.8) is 0 Å². The second kappa shape index (κ2) is 4.06. The molecule has 15 heavy (non-hydrogen) atoms. The van der Waals surface area contributed by atoms with Crippen LogP contribution in [0.1, 0.15) is 30.0 Å². The van der Waals surface area contributed by atoms with Crippen LogP contribution in [0.4, 0.5) is 0 Å². The Morgan fingerprint density at radius 3 is 2.53 bits per heavy atom. The lowest BCUT2D eigenvalue weighted by atomic mass is 9.98. The van der Waals surface area contributed by atoms with Gasteiger partial charge in [0.25, 0.3) is 0 Å². The standard InChI is InChI=1S/C15H18/c1-4-5-13-9-12(3)15-8-11(2)6-7-14(15)10-13/h6-10H,4-5H2,1-3H3. The van der Waals surface area contributed by atoms with Crippen molar-refractivity contribution < 1.29 is 0 Å². The minimum absolute atomic E-state index is 1.19. The van der Waals surface area contributed by atoms with E-state index in [0.29, 0.717) is 0 Å². The maximum atomic E-state index is 2.32. The second-order valence-corrected chi connectivity index (χ2v) is 4.39. The van der Waals surface area contributed by atoms with Crippen LogP contribution in [0.5, 0.6) is 0 Å². The maximum Gasteiger partial charge on any atom is -0.0152 e. The third kappa shape index (κ3) is 2.04. The van der Waals surface area contributed by atoms with Gasteiger partial charge in [-0.3, -0.25) is 0 Å². The lowest BCUT2D eigenvalue weighted by Crippen LogP contribution is -1.87. The molecule has 0 aliphatic rings. The zero-order valence-corrected chi connectivity index (χ0v) is 9.80. The molecule has 0 N–H and O–H groups in total. The molecule has 0 heterocycles. The predicted molar refractivity (Wildman–Crippen MR) is 67.4 cm³/mol. The number of benzene rings is 2. The molecule has 2 rings (SSSR count). The van der Waals surface area contributed by atoms with Crippen molar-refractivity contribution >= 4 is 10.8 Å². The van der Waals surface area contributed by atoms with Gasteiger partial charge in [0.1, 0.15) is 0 Å². The molecule has 0 bridgehead atoms. The van der Waals surface area contributed by atoms with Crippen molar-refractivity contribution in [2.75, 3.05) is 0 Å². The van der Waals surface area contributed by atoms with Gasteiger partial charge in [0, 0.05) is 0 Å². The van der Waals surface area contributed by atoms with Crippen LogP contribution in [0.2, 0.25) is 0 Å². The fraction of sp³-hybridized carbons (Fsp3) is 0.333. The summed E-state index contributed by atoms with van der Waals surface area (Å²) >= 11 is 0. The van der Waals surface area contributed by atoms with E-state index in [1.54, 1.807) is 0 Å². The van der Waals surface area contributed by atoms with E-state index in [0.717, 1.165) is 0 Å². The van der Waals surface area contributed by atoms with Crippen LogP contribution in [0, 0.1) is 13.8 Å². The fourth-order valence-electron chi connectivity index (χ4n) is 2.17. The molecule has 0 nitrogen and oxygen atoms in total. The van der Waals surface area contributed by atoms with Gasteiger partial charge in [0.05, 0.1) is 0 Å². The Kier molecular flexibility index (Phi) is 2.77. The first-order valence-electron chi connectivity index (χ1n) is 5.70. The third-order valence-corrected chi connectivity index (χ3v) is 2.92. The second-order valence-electron chi connectivity index (χ2n) is 4.39. The first kappa shape index (κ1) is 10.2. The number of hydrogen-bond donors (Lipinski definition) is 0. The van der Waals surface area contributed by atoms with E-state index in [-0.39, 0.29) is 0 Å². The summed E-state index contributed by atoms with van der Waals surface area (Å²) in [5.41, 5.74) is 4.21. The van der Waals surface area contributed by atoms with Crippen molar-refractivity contribution in [2.24, 2.45) is 0 Å². The van der Waals surface area contributed by atoms with Crippen LogP contribution in [-0.4, -0.2) is 0 Å². The van der Waals surface area contributed by atoms with Crippen molar-refractivity contribution in [1.82, 2.24) is 0 Å². The molecular formula is C15H18. The van der Waals surface area contributed by atoms with Crippen LogP contribution in [0.15, 0.2) is 30.3 Å². The Labute approximate surface area is 91.9 Å². The van der Waals surface area contributed by atoms with Gasteiger partial charge < -0.3 is 0 Å². The topological polar surface area (TPSA) is 0 Å². The van der Waals surface area contributed by atoms with E-state index in [2.05, 4.69) is 51.1 Å². The monoisotopic (exact) mass is 198 g/mol. The molecule has 0 aromatic heterocycles. The van der Waals surface area contributed by atoms with E-state index >= 15 is 0 Å². The lowest BCUT2D eigenvalue weighted by molar-refractivity contribution is 0.922. The molecule has 2 aromatic rings. The van der Waals surface area contributed by atoms with Crippen molar-refractivity contribution in [3.8, 4) is 0 Å². The Bertz CT molecular complexity index is 481. The average molecular weight is 198 g/mol. The fourth-order valence-corrected chi connectivity index (χ4v) is 2.17. The Morgan fingerprint density at radius 1 is 1.00 bits per heavy atom. The molecule has 0 amide bonds. The van der Waals surface area contributed by atoms with Crippen LogP contribution in [0.3, 0.4) is 0 Å². The molecule has 2 aromatic carbocycles. The summed E-state index contributed by atoms with van der Waals surface area (Å²) in [4.78, 5) is 0. The molecule has 0 aliphatic heterocycles. The molecule has 0 saturated carbocycles. The van der Waals surface area contributed by atoms with Crippen LogP contribution in [0.25, 0.3) is 10.8 Å². The molecule has 0 aliphatic carbocycles. The van der Waals surface area contributed by atoms with Gasteiger partial charge in [-0.05, 0) is 42.2 Å². The van der Waals surface area contributed by atoms with Crippen LogP contribution < -0.4 is 0 Å². The minimum atomic E-state index is 1.19. The van der Waals surface area contributed by atoms with Crippen molar-refractivity contribution in [3.05, 3.63) is 47.0 Å². The largest absolute Gasteiger partial charge is 0.0651 e. The summed E-state index contributed by atoms with van der Waals surface area (Å²) in [5, 5.41) is 2.78. The first-order chi connectivity index (χ1) is 7.20. The highest BCUT2D eigenvalue weighted by molar-refractivity contribution is 5.86. The summed E-state index contributed by atoms with van der Waals surface area (Å²) in [7, 11) is 0. The van der Waals surface area contributed by atoms with Gasteiger partial charge in [-0.25, -0.2) is 0 Å². The van der Waals surface area contributed by atoms with Crippen LogP contribution in [-0.2, 0) is 6.42 Å². The van der Waals surface area contributed by atoms with Gasteiger partial charge >= 0.3 is 0 Å². The molecule has 0 saturated heterocycles. The van der Waals surface area contributed by atoms with Crippen LogP contribution >= 0.6 is 0 Å². The number of aryl methyl sites for hydroxylation is 3. The molecule has 0 fully saturated rings. The highest BCUT2D eigenvalue weighted by atomic mass is 14.1. The Hall–Kier alpha value is -1.30. The van der Waals surface area contributed by atoms with E-state index in [9.17, 15) is 0 Å². The maximum absolute atomic E-state index is 2.32. The van der Waals surface area contributed by atoms with E-state index in [1.165, 1.54) is 40.3 Å². The van der Waals surface area contributed by atoms with E-state index in [1.807, 2.05) is 0 Å². The van der Waals surface area contributed by atoms with Gasteiger partial charge in [0.15, 0.2) is 0 Å². The summed E-state index contributed by atoms with van der Waals surface area (Å²) < 4.78 is 0.